The molecule has 1 amide bonds. The molecule has 0 aromatic carbocycles. The van der Waals surface area contributed by atoms with Crippen LogP contribution in [-0.4, -0.2) is 73.2 Å². The zero-order chi connectivity index (χ0) is 14.0. The maximum absolute atomic E-state index is 12.6. The summed E-state index contributed by atoms with van der Waals surface area (Å²) < 4.78 is 5.70. The van der Waals surface area contributed by atoms with Crippen LogP contribution < -0.4 is 5.32 Å². The van der Waals surface area contributed by atoms with E-state index in [2.05, 4.69) is 17.1 Å². The van der Waals surface area contributed by atoms with Crippen LogP contribution in [0.1, 0.15) is 32.6 Å². The number of rotatable bonds is 3. The van der Waals surface area contributed by atoms with Gasteiger partial charge in [-0.05, 0) is 39.2 Å². The summed E-state index contributed by atoms with van der Waals surface area (Å²) in [6, 6.07) is 0. The third-order valence-corrected chi connectivity index (χ3v) is 4.99. The van der Waals surface area contributed by atoms with Crippen LogP contribution in [0, 0.1) is 0 Å². The number of piperazine rings is 1. The lowest BCUT2D eigenvalue weighted by atomic mass is 9.98. The van der Waals surface area contributed by atoms with Gasteiger partial charge >= 0.3 is 0 Å². The molecule has 2 unspecified atom stereocenters. The Kier molecular flexibility index (Phi) is 4.29. The minimum absolute atomic E-state index is 0.298. The van der Waals surface area contributed by atoms with E-state index in [4.69, 9.17) is 4.74 Å². The molecule has 3 rings (SSSR count). The van der Waals surface area contributed by atoms with Gasteiger partial charge in [0.15, 0.2) is 0 Å². The summed E-state index contributed by atoms with van der Waals surface area (Å²) in [4.78, 5) is 17.1. The van der Waals surface area contributed by atoms with Crippen molar-refractivity contribution in [3.8, 4) is 0 Å². The molecule has 3 fully saturated rings. The highest BCUT2D eigenvalue weighted by atomic mass is 16.5. The van der Waals surface area contributed by atoms with Crippen molar-refractivity contribution < 1.29 is 9.53 Å². The summed E-state index contributed by atoms with van der Waals surface area (Å²) in [6.45, 7) is 8.70. The van der Waals surface area contributed by atoms with Crippen molar-refractivity contribution in [3.63, 3.8) is 0 Å². The molecule has 0 aromatic heterocycles. The lowest BCUT2D eigenvalue weighted by molar-refractivity contribution is -0.139. The Hall–Kier alpha value is -0.650. The highest BCUT2D eigenvalue weighted by Crippen LogP contribution is 2.22. The molecule has 3 aliphatic heterocycles. The van der Waals surface area contributed by atoms with Crippen LogP contribution in [0.15, 0.2) is 0 Å². The zero-order valence-corrected chi connectivity index (χ0v) is 12.6. The molecule has 0 aliphatic carbocycles. The molecule has 0 bridgehead atoms. The number of carbonyl (C=O) groups is 1. The normalized spacial score (nSPS) is 35.6. The molecular weight excluding hydrogens is 254 g/mol. The van der Waals surface area contributed by atoms with E-state index in [0.29, 0.717) is 12.0 Å². The van der Waals surface area contributed by atoms with Crippen molar-refractivity contribution in [1.29, 1.82) is 0 Å². The Bertz CT molecular complexity index is 341. The lowest BCUT2D eigenvalue weighted by Crippen LogP contribution is -2.58. The van der Waals surface area contributed by atoms with Crippen LogP contribution in [-0.2, 0) is 9.53 Å². The van der Waals surface area contributed by atoms with Gasteiger partial charge in [0.1, 0.15) is 0 Å². The molecule has 0 spiro atoms. The molecule has 0 aromatic rings. The molecule has 2 atom stereocenters. The Morgan fingerprint density at radius 1 is 1.30 bits per heavy atom. The molecular formula is C15H27N3O2. The molecule has 20 heavy (non-hydrogen) atoms. The highest BCUT2D eigenvalue weighted by molar-refractivity contribution is 5.86. The summed E-state index contributed by atoms with van der Waals surface area (Å²) in [5.41, 5.74) is -0.309. The maximum atomic E-state index is 12.6. The number of nitrogens with one attached hydrogen (secondary N) is 1. The Morgan fingerprint density at radius 3 is 2.70 bits per heavy atom. The molecule has 0 radical (unpaired) electrons. The SMILES string of the molecule is CC1(C(=O)N2CCN(CC3CCCO3)CC2)CCCN1. The Labute approximate surface area is 121 Å². The van der Waals surface area contributed by atoms with Gasteiger partial charge in [0.05, 0.1) is 11.6 Å². The number of hydrogen-bond donors (Lipinski definition) is 1. The van der Waals surface area contributed by atoms with Crippen LogP contribution in [0.5, 0.6) is 0 Å². The molecule has 5 heteroatoms. The van der Waals surface area contributed by atoms with Crippen LogP contribution in [0.3, 0.4) is 0 Å². The average molecular weight is 281 g/mol. The molecule has 1 N–H and O–H groups in total. The van der Waals surface area contributed by atoms with E-state index in [1.54, 1.807) is 0 Å². The number of hydrogen-bond acceptors (Lipinski definition) is 4. The second kappa shape index (κ2) is 6.00. The van der Waals surface area contributed by atoms with Gasteiger partial charge in [-0.3, -0.25) is 9.69 Å². The van der Waals surface area contributed by atoms with E-state index < -0.39 is 0 Å². The fourth-order valence-corrected chi connectivity index (χ4v) is 3.64. The first-order valence-corrected chi connectivity index (χ1v) is 8.06. The van der Waals surface area contributed by atoms with Gasteiger partial charge < -0.3 is 15.0 Å². The summed E-state index contributed by atoms with van der Waals surface area (Å²) in [5, 5.41) is 3.38. The summed E-state index contributed by atoms with van der Waals surface area (Å²) in [6.07, 6.45) is 4.91. The second-order valence-electron chi connectivity index (χ2n) is 6.59. The van der Waals surface area contributed by atoms with Gasteiger partial charge in [0, 0.05) is 39.3 Å². The minimum Gasteiger partial charge on any atom is -0.377 e. The molecule has 3 aliphatic rings. The van der Waals surface area contributed by atoms with E-state index in [1.165, 1.54) is 12.8 Å². The highest BCUT2D eigenvalue weighted by Gasteiger charge is 2.39. The minimum atomic E-state index is -0.309. The molecule has 0 saturated carbocycles. The number of nitrogens with zero attached hydrogens (tertiary/aromatic N) is 2. The van der Waals surface area contributed by atoms with E-state index in [-0.39, 0.29) is 5.54 Å². The lowest BCUT2D eigenvalue weighted by Gasteiger charge is -2.39. The Balaban J connectivity index is 1.46. The first-order valence-electron chi connectivity index (χ1n) is 8.06. The third-order valence-electron chi connectivity index (χ3n) is 4.99. The van der Waals surface area contributed by atoms with E-state index in [0.717, 1.165) is 58.7 Å². The van der Waals surface area contributed by atoms with Crippen molar-refractivity contribution in [1.82, 2.24) is 15.1 Å². The van der Waals surface area contributed by atoms with Crippen LogP contribution in [0.25, 0.3) is 0 Å². The summed E-state index contributed by atoms with van der Waals surface area (Å²) >= 11 is 0. The van der Waals surface area contributed by atoms with Gasteiger partial charge in [0.2, 0.25) is 5.91 Å². The van der Waals surface area contributed by atoms with Gasteiger partial charge in [-0.25, -0.2) is 0 Å². The first-order chi connectivity index (χ1) is 9.67. The van der Waals surface area contributed by atoms with Gasteiger partial charge in [0.25, 0.3) is 0 Å². The van der Waals surface area contributed by atoms with E-state index in [9.17, 15) is 4.79 Å². The van der Waals surface area contributed by atoms with Crippen LogP contribution in [0.2, 0.25) is 0 Å². The molecule has 5 nitrogen and oxygen atoms in total. The number of amides is 1. The zero-order valence-electron chi connectivity index (χ0n) is 12.6. The van der Waals surface area contributed by atoms with Gasteiger partial charge in [-0.2, -0.15) is 0 Å². The van der Waals surface area contributed by atoms with Gasteiger partial charge in [-0.15, -0.1) is 0 Å². The van der Waals surface area contributed by atoms with E-state index >= 15 is 0 Å². The largest absolute Gasteiger partial charge is 0.377 e. The maximum Gasteiger partial charge on any atom is 0.242 e. The number of carbonyl (C=O) groups excluding carboxylic acids is 1. The monoisotopic (exact) mass is 281 g/mol. The Morgan fingerprint density at radius 2 is 2.10 bits per heavy atom. The van der Waals surface area contributed by atoms with Crippen LogP contribution in [0.4, 0.5) is 0 Å². The number of ether oxygens (including phenoxy) is 1. The molecule has 3 saturated heterocycles. The van der Waals surface area contributed by atoms with Crippen LogP contribution >= 0.6 is 0 Å². The molecule has 114 valence electrons. The smallest absolute Gasteiger partial charge is 0.242 e. The summed E-state index contributed by atoms with van der Waals surface area (Å²) in [5.74, 6) is 0.298. The predicted molar refractivity (Wildman–Crippen MR) is 77.6 cm³/mol. The average Bonchev–Trinajstić information content (AvgIpc) is 3.11. The molecule has 3 heterocycles. The standard InChI is InChI=1S/C15H27N3O2/c1-15(5-3-6-16-15)14(19)18-9-7-17(8-10-18)12-13-4-2-11-20-13/h13,16H,2-12H2,1H3. The fraction of sp³-hybridized carbons (Fsp3) is 0.933. The third kappa shape index (κ3) is 3.00. The van der Waals surface area contributed by atoms with Crippen molar-refractivity contribution in [2.24, 2.45) is 0 Å². The van der Waals surface area contributed by atoms with Crippen molar-refractivity contribution in [2.75, 3.05) is 45.9 Å². The topological polar surface area (TPSA) is 44.8 Å². The van der Waals surface area contributed by atoms with E-state index in [1.807, 2.05) is 4.90 Å². The van der Waals surface area contributed by atoms with Crippen molar-refractivity contribution in [2.45, 2.75) is 44.2 Å². The fourth-order valence-electron chi connectivity index (χ4n) is 3.64. The summed E-state index contributed by atoms with van der Waals surface area (Å²) in [7, 11) is 0. The van der Waals surface area contributed by atoms with Crippen molar-refractivity contribution >= 4 is 5.91 Å². The quantitative estimate of drug-likeness (QED) is 0.816. The van der Waals surface area contributed by atoms with Crippen molar-refractivity contribution in [3.05, 3.63) is 0 Å². The predicted octanol–water partition coefficient (Wildman–Crippen LogP) is 0.452. The van der Waals surface area contributed by atoms with Gasteiger partial charge in [-0.1, -0.05) is 0 Å². The first kappa shape index (κ1) is 14.3. The second-order valence-corrected chi connectivity index (χ2v) is 6.59.